The predicted molar refractivity (Wildman–Crippen MR) is 52.9 cm³/mol. The molecule has 0 aromatic heterocycles. The quantitative estimate of drug-likeness (QED) is 0.699. The lowest BCUT2D eigenvalue weighted by molar-refractivity contribution is 0.538. The van der Waals surface area contributed by atoms with E-state index in [1.807, 2.05) is 19.9 Å². The Balaban J connectivity index is 4.88. The van der Waals surface area contributed by atoms with Crippen molar-refractivity contribution in [1.82, 2.24) is 0 Å². The van der Waals surface area contributed by atoms with Gasteiger partial charge in [-0.25, -0.2) is 8.42 Å². The fourth-order valence-corrected chi connectivity index (χ4v) is 2.92. The third-order valence-electron chi connectivity index (χ3n) is 2.37. The summed E-state index contributed by atoms with van der Waals surface area (Å²) in [6.07, 6.45) is 0.371. The van der Waals surface area contributed by atoms with Crippen molar-refractivity contribution in [2.45, 2.75) is 44.6 Å². The molecule has 0 aromatic rings. The Morgan fingerprint density at radius 2 is 1.77 bits per heavy atom. The first-order valence-corrected chi connectivity index (χ1v) is 6.11. The molecule has 0 spiro atoms. The Hall–Kier alpha value is -0.560. The molecule has 76 valence electrons. The maximum absolute atomic E-state index is 11.7. The van der Waals surface area contributed by atoms with Crippen LogP contribution in [0.3, 0.4) is 0 Å². The van der Waals surface area contributed by atoms with Crippen LogP contribution in [0.25, 0.3) is 0 Å². The molecular formula is C9H17NO2S. The molecule has 0 radical (unpaired) electrons. The van der Waals surface area contributed by atoms with Crippen LogP contribution in [0.4, 0.5) is 0 Å². The number of hydrogen-bond acceptors (Lipinski definition) is 3. The van der Waals surface area contributed by atoms with Crippen LogP contribution in [-0.4, -0.2) is 18.9 Å². The van der Waals surface area contributed by atoms with Crippen LogP contribution in [0.2, 0.25) is 0 Å². The van der Waals surface area contributed by atoms with Gasteiger partial charge >= 0.3 is 0 Å². The zero-order chi connectivity index (χ0) is 10.6. The van der Waals surface area contributed by atoms with Crippen molar-refractivity contribution in [3.05, 3.63) is 0 Å². The number of hydrogen-bond donors (Lipinski definition) is 0. The largest absolute Gasteiger partial charge is 0.227 e. The van der Waals surface area contributed by atoms with Gasteiger partial charge in [0.15, 0.2) is 9.84 Å². The summed E-state index contributed by atoms with van der Waals surface area (Å²) in [5.74, 6) is 0.0624. The van der Waals surface area contributed by atoms with Crippen molar-refractivity contribution < 1.29 is 8.42 Å². The van der Waals surface area contributed by atoms with Crippen molar-refractivity contribution in [3.63, 3.8) is 0 Å². The van der Waals surface area contributed by atoms with Crippen molar-refractivity contribution in [2.24, 2.45) is 5.92 Å². The van der Waals surface area contributed by atoms with Gasteiger partial charge in [0.1, 0.15) is 5.25 Å². The minimum atomic E-state index is -3.26. The molecular weight excluding hydrogens is 186 g/mol. The summed E-state index contributed by atoms with van der Waals surface area (Å²) in [4.78, 5) is 0. The summed E-state index contributed by atoms with van der Waals surface area (Å²) in [7, 11) is -3.26. The molecule has 2 unspecified atom stereocenters. The highest BCUT2D eigenvalue weighted by Crippen LogP contribution is 2.18. The van der Waals surface area contributed by atoms with Gasteiger partial charge in [0, 0.05) is 0 Å². The second-order valence-electron chi connectivity index (χ2n) is 3.56. The van der Waals surface area contributed by atoms with E-state index < -0.39 is 20.3 Å². The van der Waals surface area contributed by atoms with Crippen LogP contribution in [0.5, 0.6) is 0 Å². The minimum absolute atomic E-state index is 0.0624. The Bertz CT molecular complexity index is 287. The number of sulfone groups is 1. The Kier molecular flexibility index (Phi) is 4.41. The fourth-order valence-electron chi connectivity index (χ4n) is 1.04. The van der Waals surface area contributed by atoms with Crippen molar-refractivity contribution in [2.75, 3.05) is 0 Å². The summed E-state index contributed by atoms with van der Waals surface area (Å²) in [6, 6.07) is 1.84. The first-order chi connectivity index (χ1) is 5.87. The molecule has 0 aliphatic heterocycles. The minimum Gasteiger partial charge on any atom is -0.227 e. The molecule has 13 heavy (non-hydrogen) atoms. The molecule has 2 atom stereocenters. The summed E-state index contributed by atoms with van der Waals surface area (Å²) < 4.78 is 23.4. The van der Waals surface area contributed by atoms with Crippen LogP contribution in [0, 0.1) is 17.2 Å². The average Bonchev–Trinajstić information content (AvgIpc) is 2.04. The Morgan fingerprint density at radius 1 is 1.31 bits per heavy atom. The lowest BCUT2D eigenvalue weighted by Gasteiger charge is -2.18. The van der Waals surface area contributed by atoms with Gasteiger partial charge in [0.05, 0.1) is 11.3 Å². The first-order valence-electron chi connectivity index (χ1n) is 4.50. The molecule has 0 aliphatic rings. The molecule has 0 bridgehead atoms. The maximum Gasteiger partial charge on any atom is 0.169 e. The van der Waals surface area contributed by atoms with E-state index in [4.69, 9.17) is 5.26 Å². The second-order valence-corrected chi connectivity index (χ2v) is 6.05. The Morgan fingerprint density at radius 3 is 2.00 bits per heavy atom. The van der Waals surface area contributed by atoms with E-state index in [2.05, 4.69) is 0 Å². The molecule has 0 heterocycles. The highest BCUT2D eigenvalue weighted by molar-refractivity contribution is 7.92. The highest BCUT2D eigenvalue weighted by atomic mass is 32.2. The molecule has 0 rings (SSSR count). The van der Waals surface area contributed by atoms with E-state index in [9.17, 15) is 8.42 Å². The normalized spacial score (nSPS) is 16.6. The van der Waals surface area contributed by atoms with Crippen LogP contribution < -0.4 is 0 Å². The first kappa shape index (κ1) is 12.4. The van der Waals surface area contributed by atoms with E-state index >= 15 is 0 Å². The second kappa shape index (κ2) is 4.61. The van der Waals surface area contributed by atoms with Crippen LogP contribution >= 0.6 is 0 Å². The zero-order valence-corrected chi connectivity index (χ0v) is 9.43. The summed E-state index contributed by atoms with van der Waals surface area (Å²) >= 11 is 0. The van der Waals surface area contributed by atoms with Crippen molar-refractivity contribution >= 4 is 9.84 Å². The van der Waals surface area contributed by atoms with Crippen molar-refractivity contribution in [3.8, 4) is 6.07 Å². The Labute approximate surface area is 80.7 Å². The zero-order valence-electron chi connectivity index (χ0n) is 8.61. The van der Waals surface area contributed by atoms with Crippen LogP contribution in [-0.2, 0) is 9.84 Å². The van der Waals surface area contributed by atoms with Gasteiger partial charge in [-0.15, -0.1) is 0 Å². The molecule has 4 heteroatoms. The van der Waals surface area contributed by atoms with Crippen LogP contribution in [0.15, 0.2) is 0 Å². The van der Waals surface area contributed by atoms with Gasteiger partial charge in [0.2, 0.25) is 0 Å². The van der Waals surface area contributed by atoms with Gasteiger partial charge in [0.25, 0.3) is 0 Å². The van der Waals surface area contributed by atoms with E-state index in [0.717, 1.165) is 0 Å². The monoisotopic (exact) mass is 203 g/mol. The SMILES string of the molecule is CCC(C#N)S(=O)(=O)C(C)C(C)C. The van der Waals surface area contributed by atoms with Gasteiger partial charge in [-0.3, -0.25) is 0 Å². The summed E-state index contributed by atoms with van der Waals surface area (Å²) in [5, 5.41) is 7.39. The molecule has 0 saturated carbocycles. The molecule has 0 fully saturated rings. The molecule has 0 N–H and O–H groups in total. The predicted octanol–water partition coefficient (Wildman–Crippen LogP) is 1.75. The van der Waals surface area contributed by atoms with E-state index in [-0.39, 0.29) is 5.92 Å². The third kappa shape index (κ3) is 2.70. The van der Waals surface area contributed by atoms with Gasteiger partial charge in [-0.2, -0.15) is 5.26 Å². The number of nitriles is 1. The molecule has 0 saturated heterocycles. The third-order valence-corrected chi connectivity index (χ3v) is 5.18. The molecule has 3 nitrogen and oxygen atoms in total. The molecule has 0 aliphatic carbocycles. The highest BCUT2D eigenvalue weighted by Gasteiger charge is 2.31. The van der Waals surface area contributed by atoms with Gasteiger partial charge in [-0.05, 0) is 19.3 Å². The smallest absolute Gasteiger partial charge is 0.169 e. The lowest BCUT2D eigenvalue weighted by atomic mass is 10.2. The number of rotatable bonds is 4. The van der Waals surface area contributed by atoms with E-state index in [0.29, 0.717) is 6.42 Å². The van der Waals surface area contributed by atoms with E-state index in [1.54, 1.807) is 13.8 Å². The lowest BCUT2D eigenvalue weighted by Crippen LogP contribution is -2.32. The van der Waals surface area contributed by atoms with Gasteiger partial charge < -0.3 is 0 Å². The topological polar surface area (TPSA) is 57.9 Å². The van der Waals surface area contributed by atoms with Crippen LogP contribution in [0.1, 0.15) is 34.1 Å². The average molecular weight is 203 g/mol. The molecule has 0 aromatic carbocycles. The standard InChI is InChI=1S/C9H17NO2S/c1-5-9(6-10)13(11,12)8(4)7(2)3/h7-9H,5H2,1-4H3. The maximum atomic E-state index is 11.7. The fraction of sp³-hybridized carbons (Fsp3) is 0.889. The summed E-state index contributed by atoms with van der Waals surface area (Å²) in [6.45, 7) is 7.09. The van der Waals surface area contributed by atoms with E-state index in [1.165, 1.54) is 0 Å². The van der Waals surface area contributed by atoms with Gasteiger partial charge in [-0.1, -0.05) is 20.8 Å². The summed E-state index contributed by atoms with van der Waals surface area (Å²) in [5.41, 5.74) is 0. The molecule has 0 amide bonds. The number of nitrogens with zero attached hydrogens (tertiary/aromatic N) is 1. The van der Waals surface area contributed by atoms with Crippen molar-refractivity contribution in [1.29, 1.82) is 5.26 Å².